The third kappa shape index (κ3) is 4.31. The average Bonchev–Trinajstić information content (AvgIpc) is 2.49. The van der Waals surface area contributed by atoms with Gasteiger partial charge in [-0.05, 0) is 36.8 Å². The van der Waals surface area contributed by atoms with Crippen LogP contribution in [0.1, 0.15) is 23.8 Å². The topological polar surface area (TPSA) is 66.9 Å². The van der Waals surface area contributed by atoms with E-state index in [1.165, 1.54) is 0 Å². The molecule has 7 heteroatoms. The molecule has 0 saturated carbocycles. The summed E-state index contributed by atoms with van der Waals surface area (Å²) in [6.07, 6.45) is 0.867. The van der Waals surface area contributed by atoms with Gasteiger partial charge in [0.15, 0.2) is 11.5 Å². The Hall–Kier alpha value is -1.85. The normalized spacial score (nSPS) is 10.2. The molecule has 0 aliphatic carbocycles. The van der Waals surface area contributed by atoms with Gasteiger partial charge in [-0.1, -0.05) is 30.1 Å². The summed E-state index contributed by atoms with van der Waals surface area (Å²) in [5, 5.41) is 14.6. The summed E-state index contributed by atoms with van der Waals surface area (Å²) in [7, 11) is 0. The molecule has 0 bridgehead atoms. The number of halogens is 2. The molecule has 21 heavy (non-hydrogen) atoms. The Kier molecular flexibility index (Phi) is 5.36. The number of carbonyl (C=O) groups excluding carboxylic acids is 1. The fourth-order valence-electron chi connectivity index (χ4n) is 1.58. The minimum Gasteiger partial charge on any atom is -0.351 e. The van der Waals surface area contributed by atoms with Gasteiger partial charge in [-0.25, -0.2) is 0 Å². The molecule has 1 aromatic heterocycles. The van der Waals surface area contributed by atoms with E-state index in [1.54, 1.807) is 30.3 Å². The predicted molar refractivity (Wildman–Crippen MR) is 84.4 cm³/mol. The molecule has 0 aliphatic heterocycles. The molecule has 5 nitrogen and oxygen atoms in total. The number of rotatable bonds is 5. The first kappa shape index (κ1) is 15.5. The lowest BCUT2D eigenvalue weighted by Crippen LogP contribution is -2.25. The van der Waals surface area contributed by atoms with Crippen molar-refractivity contribution in [1.82, 2.24) is 15.5 Å². The molecule has 1 amide bonds. The van der Waals surface area contributed by atoms with Crippen molar-refractivity contribution < 1.29 is 4.79 Å². The van der Waals surface area contributed by atoms with Crippen molar-refractivity contribution in [3.63, 3.8) is 0 Å². The number of nitrogens with zero attached hydrogens (tertiary/aromatic N) is 2. The number of nitrogens with one attached hydrogen (secondary N) is 2. The summed E-state index contributed by atoms with van der Waals surface area (Å²) in [6.45, 7) is 2.59. The van der Waals surface area contributed by atoms with Gasteiger partial charge in [0.25, 0.3) is 5.91 Å². The van der Waals surface area contributed by atoms with Crippen molar-refractivity contribution in [3.8, 4) is 0 Å². The quantitative estimate of drug-likeness (QED) is 0.880. The van der Waals surface area contributed by atoms with E-state index in [4.69, 9.17) is 23.2 Å². The maximum absolute atomic E-state index is 11.7. The average molecular weight is 325 g/mol. The Morgan fingerprint density at radius 2 is 2.00 bits per heavy atom. The van der Waals surface area contributed by atoms with E-state index in [0.29, 0.717) is 28.1 Å². The van der Waals surface area contributed by atoms with Gasteiger partial charge in [0, 0.05) is 11.6 Å². The highest BCUT2D eigenvalue weighted by molar-refractivity contribution is 6.35. The number of anilines is 2. The fourth-order valence-corrected chi connectivity index (χ4v) is 1.92. The molecule has 0 aliphatic rings. The Labute approximate surface area is 132 Å². The zero-order valence-electron chi connectivity index (χ0n) is 11.4. The van der Waals surface area contributed by atoms with Crippen LogP contribution in [-0.2, 0) is 0 Å². The molecule has 2 N–H and O–H groups in total. The molecule has 2 rings (SSSR count). The number of benzene rings is 1. The minimum absolute atomic E-state index is 0.239. The van der Waals surface area contributed by atoms with E-state index in [1.807, 2.05) is 6.92 Å². The summed E-state index contributed by atoms with van der Waals surface area (Å²) in [5.41, 5.74) is 0.896. The van der Waals surface area contributed by atoms with Crippen molar-refractivity contribution >= 4 is 40.6 Å². The van der Waals surface area contributed by atoms with Crippen LogP contribution in [0.4, 0.5) is 11.5 Å². The summed E-state index contributed by atoms with van der Waals surface area (Å²) < 4.78 is 0. The molecule has 0 fully saturated rings. The Bertz CT molecular complexity index is 631. The third-order valence-electron chi connectivity index (χ3n) is 2.62. The van der Waals surface area contributed by atoms with Crippen molar-refractivity contribution in [2.45, 2.75) is 13.3 Å². The maximum atomic E-state index is 11.7. The largest absolute Gasteiger partial charge is 0.351 e. The number of hydrogen-bond donors (Lipinski definition) is 2. The summed E-state index contributed by atoms with van der Waals surface area (Å²) in [6, 6.07) is 8.32. The minimum atomic E-state index is -0.239. The molecule has 110 valence electrons. The van der Waals surface area contributed by atoms with Crippen LogP contribution in [-0.4, -0.2) is 22.6 Å². The Morgan fingerprint density at radius 1 is 1.19 bits per heavy atom. The lowest BCUT2D eigenvalue weighted by Gasteiger charge is -2.08. The van der Waals surface area contributed by atoms with Gasteiger partial charge in [-0.3, -0.25) is 4.79 Å². The van der Waals surface area contributed by atoms with Crippen molar-refractivity contribution in [1.29, 1.82) is 0 Å². The first-order valence-electron chi connectivity index (χ1n) is 6.44. The molecule has 2 aromatic rings. The van der Waals surface area contributed by atoms with Crippen LogP contribution >= 0.6 is 23.2 Å². The number of hydrogen-bond acceptors (Lipinski definition) is 4. The highest BCUT2D eigenvalue weighted by Crippen LogP contribution is 2.27. The monoisotopic (exact) mass is 324 g/mol. The van der Waals surface area contributed by atoms with E-state index < -0.39 is 0 Å². The van der Waals surface area contributed by atoms with Gasteiger partial charge in [0.05, 0.1) is 10.7 Å². The van der Waals surface area contributed by atoms with Crippen LogP contribution in [0.2, 0.25) is 10.0 Å². The van der Waals surface area contributed by atoms with Crippen LogP contribution in [0.5, 0.6) is 0 Å². The van der Waals surface area contributed by atoms with Gasteiger partial charge in [0.2, 0.25) is 0 Å². The molecule has 0 unspecified atom stereocenters. The molecule has 0 spiro atoms. The molecule has 1 aromatic carbocycles. The second-order valence-corrected chi connectivity index (χ2v) is 5.15. The van der Waals surface area contributed by atoms with E-state index in [9.17, 15) is 4.79 Å². The number of amides is 1. The molecular formula is C14H14Cl2N4O. The van der Waals surface area contributed by atoms with Crippen LogP contribution < -0.4 is 10.6 Å². The second kappa shape index (κ2) is 7.24. The Balaban J connectivity index is 2.09. The van der Waals surface area contributed by atoms with Gasteiger partial charge >= 0.3 is 0 Å². The summed E-state index contributed by atoms with van der Waals surface area (Å²) in [4.78, 5) is 11.7. The molecule has 0 saturated heterocycles. The van der Waals surface area contributed by atoms with Gasteiger partial charge < -0.3 is 10.6 Å². The van der Waals surface area contributed by atoms with Gasteiger partial charge in [0.1, 0.15) is 0 Å². The van der Waals surface area contributed by atoms with E-state index in [0.717, 1.165) is 6.42 Å². The summed E-state index contributed by atoms with van der Waals surface area (Å²) in [5.74, 6) is 0.239. The van der Waals surface area contributed by atoms with Gasteiger partial charge in [-0.15, -0.1) is 10.2 Å². The first-order chi connectivity index (χ1) is 10.1. The second-order valence-electron chi connectivity index (χ2n) is 4.31. The Morgan fingerprint density at radius 3 is 2.67 bits per heavy atom. The van der Waals surface area contributed by atoms with E-state index in [-0.39, 0.29) is 11.6 Å². The molecular weight excluding hydrogens is 311 g/mol. The molecule has 1 heterocycles. The molecule has 0 radical (unpaired) electrons. The maximum Gasteiger partial charge on any atom is 0.271 e. The number of carbonyl (C=O) groups is 1. The lowest BCUT2D eigenvalue weighted by atomic mass is 10.3. The lowest BCUT2D eigenvalue weighted by molar-refractivity contribution is 0.0947. The third-order valence-corrected chi connectivity index (χ3v) is 3.19. The summed E-state index contributed by atoms with van der Waals surface area (Å²) >= 11 is 12.0. The van der Waals surface area contributed by atoms with E-state index >= 15 is 0 Å². The fraction of sp³-hybridized carbons (Fsp3) is 0.214. The van der Waals surface area contributed by atoms with Crippen LogP contribution in [0.3, 0.4) is 0 Å². The highest BCUT2D eigenvalue weighted by Gasteiger charge is 2.08. The zero-order valence-corrected chi connectivity index (χ0v) is 12.9. The molecule has 0 atom stereocenters. The first-order valence-corrected chi connectivity index (χ1v) is 7.19. The predicted octanol–water partition coefficient (Wildman–Crippen LogP) is 3.67. The SMILES string of the molecule is CCCNC(=O)c1ccc(Nc2cc(Cl)ccc2Cl)nn1. The number of aromatic nitrogens is 2. The van der Waals surface area contributed by atoms with Crippen molar-refractivity contribution in [2.24, 2.45) is 0 Å². The van der Waals surface area contributed by atoms with Gasteiger partial charge in [-0.2, -0.15) is 0 Å². The standard InChI is InChI=1S/C14H14Cl2N4O/c1-2-7-17-14(21)11-5-6-13(20-19-11)18-12-8-9(15)3-4-10(12)16/h3-6,8H,2,7H2,1H3,(H,17,21)(H,18,20). The zero-order chi connectivity index (χ0) is 15.2. The highest BCUT2D eigenvalue weighted by atomic mass is 35.5. The van der Waals surface area contributed by atoms with Crippen LogP contribution in [0, 0.1) is 0 Å². The smallest absolute Gasteiger partial charge is 0.271 e. The van der Waals surface area contributed by atoms with Crippen molar-refractivity contribution in [2.75, 3.05) is 11.9 Å². The van der Waals surface area contributed by atoms with Crippen LogP contribution in [0.25, 0.3) is 0 Å². The van der Waals surface area contributed by atoms with Crippen molar-refractivity contribution in [3.05, 3.63) is 46.1 Å². The van der Waals surface area contributed by atoms with Crippen LogP contribution in [0.15, 0.2) is 30.3 Å². The van der Waals surface area contributed by atoms with E-state index in [2.05, 4.69) is 20.8 Å².